The Bertz CT molecular complexity index is 450. The highest BCUT2D eigenvalue weighted by Gasteiger charge is 2.32. The van der Waals surface area contributed by atoms with Crippen molar-refractivity contribution >= 4 is 11.8 Å². The molecule has 6 nitrogen and oxygen atoms in total. The van der Waals surface area contributed by atoms with Gasteiger partial charge in [-0.05, 0) is 0 Å². The molecule has 16 heavy (non-hydrogen) atoms. The molecule has 86 valence electrons. The predicted octanol–water partition coefficient (Wildman–Crippen LogP) is -0.687. The first-order chi connectivity index (χ1) is 7.49. The maximum Gasteiger partial charge on any atom is 0.272 e. The third kappa shape index (κ3) is 1.64. The van der Waals surface area contributed by atoms with Gasteiger partial charge in [-0.3, -0.25) is 14.3 Å². The van der Waals surface area contributed by atoms with Crippen LogP contribution in [-0.2, 0) is 7.05 Å². The molecule has 1 aliphatic rings. The van der Waals surface area contributed by atoms with E-state index in [1.165, 1.54) is 22.7 Å². The van der Waals surface area contributed by atoms with Crippen LogP contribution in [0.5, 0.6) is 0 Å². The predicted molar refractivity (Wildman–Crippen MR) is 52.5 cm³/mol. The molecule has 1 aromatic heterocycles. The number of primary amides is 1. The van der Waals surface area contributed by atoms with Crippen molar-refractivity contribution in [3.8, 4) is 0 Å². The van der Waals surface area contributed by atoms with Gasteiger partial charge >= 0.3 is 0 Å². The number of amides is 2. The van der Waals surface area contributed by atoms with E-state index in [2.05, 4.69) is 5.10 Å². The Morgan fingerprint density at radius 2 is 2.19 bits per heavy atom. The number of aromatic nitrogens is 2. The summed E-state index contributed by atoms with van der Waals surface area (Å²) in [6.45, 7) is 0.186. The third-order valence-electron chi connectivity index (χ3n) is 2.48. The molecule has 0 aromatic carbocycles. The summed E-state index contributed by atoms with van der Waals surface area (Å²) in [7, 11) is 1.53. The van der Waals surface area contributed by atoms with Gasteiger partial charge in [0.25, 0.3) is 11.8 Å². The number of aryl methyl sites for hydroxylation is 1. The highest BCUT2D eigenvalue weighted by molar-refractivity contribution is 5.97. The van der Waals surface area contributed by atoms with Crippen LogP contribution < -0.4 is 5.73 Å². The van der Waals surface area contributed by atoms with Crippen LogP contribution in [0.3, 0.4) is 0 Å². The third-order valence-corrected chi connectivity index (χ3v) is 2.48. The minimum Gasteiger partial charge on any atom is -0.364 e. The molecule has 1 aliphatic heterocycles. The van der Waals surface area contributed by atoms with Crippen LogP contribution in [0.15, 0.2) is 6.07 Å². The van der Waals surface area contributed by atoms with Crippen molar-refractivity contribution < 1.29 is 14.0 Å². The average Bonchev–Trinajstić information content (AvgIpc) is 2.55. The Labute approximate surface area is 90.8 Å². The fourth-order valence-corrected chi connectivity index (χ4v) is 1.54. The zero-order valence-corrected chi connectivity index (χ0v) is 8.68. The number of nitrogens with two attached hydrogens (primary N) is 1. The van der Waals surface area contributed by atoms with Crippen molar-refractivity contribution in [2.45, 2.75) is 6.17 Å². The summed E-state index contributed by atoms with van der Waals surface area (Å²) < 4.78 is 13.9. The second kappa shape index (κ2) is 3.58. The second-order valence-electron chi connectivity index (χ2n) is 3.71. The lowest BCUT2D eigenvalue weighted by atomic mass is 10.1. The summed E-state index contributed by atoms with van der Waals surface area (Å²) in [4.78, 5) is 24.0. The first-order valence-electron chi connectivity index (χ1n) is 4.76. The summed E-state index contributed by atoms with van der Waals surface area (Å²) >= 11 is 0. The topological polar surface area (TPSA) is 81.2 Å². The molecule has 0 aliphatic carbocycles. The molecule has 2 heterocycles. The van der Waals surface area contributed by atoms with E-state index in [9.17, 15) is 14.0 Å². The van der Waals surface area contributed by atoms with Gasteiger partial charge in [-0.2, -0.15) is 5.10 Å². The molecule has 0 spiro atoms. The number of likely N-dealkylation sites (tertiary alicyclic amines) is 1. The van der Waals surface area contributed by atoms with Gasteiger partial charge in [-0.1, -0.05) is 0 Å². The molecule has 1 aromatic rings. The van der Waals surface area contributed by atoms with Gasteiger partial charge < -0.3 is 10.6 Å². The fraction of sp³-hybridized carbons (Fsp3) is 0.444. The van der Waals surface area contributed by atoms with Crippen molar-refractivity contribution in [2.75, 3.05) is 13.1 Å². The van der Waals surface area contributed by atoms with Crippen LogP contribution in [0.4, 0.5) is 4.39 Å². The minimum absolute atomic E-state index is 0.0307. The number of hydrogen-bond donors (Lipinski definition) is 1. The van der Waals surface area contributed by atoms with Crippen molar-refractivity contribution in [3.05, 3.63) is 17.5 Å². The highest BCUT2D eigenvalue weighted by atomic mass is 19.1. The van der Waals surface area contributed by atoms with Crippen LogP contribution in [-0.4, -0.2) is 45.8 Å². The quantitative estimate of drug-likeness (QED) is 0.724. The van der Waals surface area contributed by atoms with Gasteiger partial charge in [-0.25, -0.2) is 4.39 Å². The smallest absolute Gasteiger partial charge is 0.272 e. The van der Waals surface area contributed by atoms with Gasteiger partial charge in [0, 0.05) is 13.1 Å². The van der Waals surface area contributed by atoms with E-state index < -0.39 is 12.1 Å². The number of hydrogen-bond acceptors (Lipinski definition) is 3. The largest absolute Gasteiger partial charge is 0.364 e. The van der Waals surface area contributed by atoms with Crippen molar-refractivity contribution in [3.63, 3.8) is 0 Å². The van der Waals surface area contributed by atoms with Crippen LogP contribution >= 0.6 is 0 Å². The maximum absolute atomic E-state index is 12.6. The average molecular weight is 226 g/mol. The van der Waals surface area contributed by atoms with Crippen molar-refractivity contribution in [2.24, 2.45) is 12.8 Å². The number of carbonyl (C=O) groups is 2. The molecule has 7 heteroatoms. The number of carbonyl (C=O) groups excluding carboxylic acids is 2. The van der Waals surface area contributed by atoms with E-state index >= 15 is 0 Å². The van der Waals surface area contributed by atoms with E-state index in [0.29, 0.717) is 0 Å². The van der Waals surface area contributed by atoms with Crippen molar-refractivity contribution in [1.29, 1.82) is 0 Å². The Morgan fingerprint density at radius 1 is 1.56 bits per heavy atom. The van der Waals surface area contributed by atoms with Crippen LogP contribution in [0.2, 0.25) is 0 Å². The molecule has 0 unspecified atom stereocenters. The van der Waals surface area contributed by atoms with Gasteiger partial charge in [0.1, 0.15) is 11.9 Å². The van der Waals surface area contributed by atoms with E-state index in [0.717, 1.165) is 0 Å². The summed E-state index contributed by atoms with van der Waals surface area (Å²) in [6.07, 6.45) is -0.951. The normalized spacial score (nSPS) is 16.0. The molecule has 2 rings (SSSR count). The zero-order chi connectivity index (χ0) is 11.9. The Balaban J connectivity index is 2.20. The lowest BCUT2D eigenvalue weighted by Gasteiger charge is -2.34. The van der Waals surface area contributed by atoms with Gasteiger partial charge in [0.05, 0.1) is 13.1 Å². The SMILES string of the molecule is Cn1nc(C(N)=O)cc1C(=O)N1CC(F)C1. The maximum atomic E-state index is 12.6. The Kier molecular flexibility index (Phi) is 2.37. The lowest BCUT2D eigenvalue weighted by Crippen LogP contribution is -2.51. The van der Waals surface area contributed by atoms with E-state index in [1.54, 1.807) is 0 Å². The summed E-state index contributed by atoms with van der Waals surface area (Å²) in [5.74, 6) is -1.03. The standard InChI is InChI=1S/C9H11FN4O2/c1-13-7(2-6(12-13)8(11)15)9(16)14-3-5(10)4-14/h2,5H,3-4H2,1H3,(H2,11,15). The molecular weight excluding hydrogens is 215 g/mol. The molecule has 1 fully saturated rings. The molecule has 2 amide bonds. The summed E-state index contributed by atoms with van der Waals surface area (Å²) in [5, 5.41) is 3.79. The van der Waals surface area contributed by atoms with Gasteiger partial charge in [0.2, 0.25) is 0 Å². The lowest BCUT2D eigenvalue weighted by molar-refractivity contribution is 0.0390. The first kappa shape index (κ1) is 10.6. The van der Waals surface area contributed by atoms with Crippen LogP contribution in [0, 0.1) is 0 Å². The fourth-order valence-electron chi connectivity index (χ4n) is 1.54. The molecule has 0 bridgehead atoms. The Morgan fingerprint density at radius 3 is 2.62 bits per heavy atom. The second-order valence-corrected chi connectivity index (χ2v) is 3.71. The number of alkyl halides is 1. The minimum atomic E-state index is -0.951. The van der Waals surface area contributed by atoms with E-state index in [-0.39, 0.29) is 30.4 Å². The van der Waals surface area contributed by atoms with Crippen molar-refractivity contribution in [1.82, 2.24) is 14.7 Å². The van der Waals surface area contributed by atoms with Gasteiger partial charge in [0.15, 0.2) is 5.69 Å². The molecule has 2 N–H and O–H groups in total. The van der Waals surface area contributed by atoms with E-state index in [4.69, 9.17) is 5.73 Å². The van der Waals surface area contributed by atoms with Crippen LogP contribution in [0.1, 0.15) is 21.0 Å². The summed E-state index contributed by atoms with van der Waals surface area (Å²) in [5.41, 5.74) is 5.31. The highest BCUT2D eigenvalue weighted by Crippen LogP contribution is 2.15. The van der Waals surface area contributed by atoms with Gasteiger partial charge in [-0.15, -0.1) is 0 Å². The molecule has 0 radical (unpaired) electrons. The van der Waals surface area contributed by atoms with E-state index in [1.807, 2.05) is 0 Å². The molecule has 0 atom stereocenters. The summed E-state index contributed by atoms with van der Waals surface area (Å²) in [6, 6.07) is 1.32. The number of halogens is 1. The zero-order valence-electron chi connectivity index (χ0n) is 8.68. The molecule has 0 saturated carbocycles. The van der Waals surface area contributed by atoms with Crippen LogP contribution in [0.25, 0.3) is 0 Å². The first-order valence-corrected chi connectivity index (χ1v) is 4.76. The number of nitrogens with zero attached hydrogens (tertiary/aromatic N) is 3. The monoisotopic (exact) mass is 226 g/mol. The number of rotatable bonds is 2. The molecular formula is C9H11FN4O2. The molecule has 1 saturated heterocycles. The Hall–Kier alpha value is -1.92.